The van der Waals surface area contributed by atoms with Crippen LogP contribution in [0.5, 0.6) is 0 Å². The number of ether oxygens (including phenoxy) is 2. The van der Waals surface area contributed by atoms with Crippen molar-refractivity contribution in [2.75, 3.05) is 13.2 Å². The molecule has 0 bridgehead atoms. The summed E-state index contributed by atoms with van der Waals surface area (Å²) in [7, 11) is 0. The lowest BCUT2D eigenvalue weighted by molar-refractivity contribution is 0.0178. The highest BCUT2D eigenvalue weighted by Gasteiger charge is 2.19. The van der Waals surface area contributed by atoms with Crippen molar-refractivity contribution >= 4 is 17.0 Å². The maximum Gasteiger partial charge on any atom is 0.339 e. The Morgan fingerprint density at radius 1 is 1.11 bits per heavy atom. The van der Waals surface area contributed by atoms with Gasteiger partial charge in [0.15, 0.2) is 5.65 Å². The minimum Gasteiger partial charge on any atom is -0.460 e. The maximum absolute atomic E-state index is 12.7. The van der Waals surface area contributed by atoms with E-state index in [0.717, 1.165) is 11.3 Å². The standard InChI is InChI=1S/C21H25N3O3/c1-14(2)24-20-18(13-22-24)17(21(25)27-11-10-26-15(3)4)12-19(23-20)16-8-6-5-7-9-16/h5-9,12-15H,10-11H2,1-4H3. The minimum absolute atomic E-state index is 0.102. The van der Waals surface area contributed by atoms with Crippen LogP contribution in [-0.4, -0.2) is 40.1 Å². The highest BCUT2D eigenvalue weighted by atomic mass is 16.6. The lowest BCUT2D eigenvalue weighted by Crippen LogP contribution is -2.14. The zero-order valence-electron chi connectivity index (χ0n) is 16.2. The summed E-state index contributed by atoms with van der Waals surface area (Å²) in [5, 5.41) is 5.11. The highest BCUT2D eigenvalue weighted by Crippen LogP contribution is 2.26. The van der Waals surface area contributed by atoms with E-state index in [2.05, 4.69) is 5.10 Å². The molecule has 0 saturated heterocycles. The molecular formula is C21H25N3O3. The minimum atomic E-state index is -0.393. The van der Waals surface area contributed by atoms with Crippen LogP contribution < -0.4 is 0 Å². The zero-order valence-corrected chi connectivity index (χ0v) is 16.2. The molecule has 3 rings (SSSR count). The van der Waals surface area contributed by atoms with Gasteiger partial charge in [-0.25, -0.2) is 14.5 Å². The quantitative estimate of drug-likeness (QED) is 0.461. The molecule has 0 N–H and O–H groups in total. The second-order valence-corrected chi connectivity index (χ2v) is 6.90. The number of carbonyl (C=O) groups excluding carboxylic acids is 1. The van der Waals surface area contributed by atoms with Crippen LogP contribution in [0.3, 0.4) is 0 Å². The van der Waals surface area contributed by atoms with Crippen LogP contribution in [0.25, 0.3) is 22.3 Å². The van der Waals surface area contributed by atoms with Crippen LogP contribution in [0.1, 0.15) is 44.1 Å². The first kappa shape index (κ1) is 19.0. The van der Waals surface area contributed by atoms with Crippen molar-refractivity contribution in [1.29, 1.82) is 0 Å². The van der Waals surface area contributed by atoms with Crippen LogP contribution in [0.15, 0.2) is 42.6 Å². The van der Waals surface area contributed by atoms with Gasteiger partial charge < -0.3 is 9.47 Å². The fraction of sp³-hybridized carbons (Fsp3) is 0.381. The first-order chi connectivity index (χ1) is 13.0. The number of rotatable bonds is 7. The number of esters is 1. The Balaban J connectivity index is 1.98. The first-order valence-electron chi connectivity index (χ1n) is 9.19. The van der Waals surface area contributed by atoms with E-state index in [4.69, 9.17) is 14.5 Å². The van der Waals surface area contributed by atoms with Crippen molar-refractivity contribution in [2.45, 2.75) is 39.8 Å². The molecule has 0 aliphatic carbocycles. The van der Waals surface area contributed by atoms with Gasteiger partial charge >= 0.3 is 5.97 Å². The molecule has 0 unspecified atom stereocenters. The molecule has 3 aromatic rings. The van der Waals surface area contributed by atoms with Gasteiger partial charge in [-0.15, -0.1) is 0 Å². The molecule has 2 heterocycles. The van der Waals surface area contributed by atoms with E-state index < -0.39 is 5.97 Å². The summed E-state index contributed by atoms with van der Waals surface area (Å²) < 4.78 is 12.7. The molecule has 0 spiro atoms. The van der Waals surface area contributed by atoms with Gasteiger partial charge in [-0.3, -0.25) is 0 Å². The van der Waals surface area contributed by atoms with Crippen LogP contribution in [0.2, 0.25) is 0 Å². The van der Waals surface area contributed by atoms with Crippen molar-refractivity contribution in [3.8, 4) is 11.3 Å². The van der Waals surface area contributed by atoms with Gasteiger partial charge in [-0.2, -0.15) is 5.10 Å². The second kappa shape index (κ2) is 8.31. The molecule has 0 fully saturated rings. The number of carbonyl (C=O) groups is 1. The second-order valence-electron chi connectivity index (χ2n) is 6.90. The van der Waals surface area contributed by atoms with Crippen LogP contribution >= 0.6 is 0 Å². The van der Waals surface area contributed by atoms with Crippen LogP contribution in [-0.2, 0) is 9.47 Å². The molecule has 142 valence electrons. The number of hydrogen-bond donors (Lipinski definition) is 0. The molecule has 6 nitrogen and oxygen atoms in total. The monoisotopic (exact) mass is 367 g/mol. The zero-order chi connectivity index (χ0) is 19.4. The van der Waals surface area contributed by atoms with Crippen molar-refractivity contribution < 1.29 is 14.3 Å². The number of hydrogen-bond acceptors (Lipinski definition) is 5. The van der Waals surface area contributed by atoms with E-state index in [9.17, 15) is 4.79 Å². The summed E-state index contributed by atoms with van der Waals surface area (Å²) in [6.45, 7) is 8.53. The van der Waals surface area contributed by atoms with Gasteiger partial charge in [0.1, 0.15) is 6.61 Å². The summed E-state index contributed by atoms with van der Waals surface area (Å²) >= 11 is 0. The van der Waals surface area contributed by atoms with Crippen molar-refractivity contribution in [3.63, 3.8) is 0 Å². The van der Waals surface area contributed by atoms with Crippen molar-refractivity contribution in [2.24, 2.45) is 0 Å². The van der Waals surface area contributed by atoms with Gasteiger partial charge in [0.25, 0.3) is 0 Å². The fourth-order valence-electron chi connectivity index (χ4n) is 2.82. The fourth-order valence-corrected chi connectivity index (χ4v) is 2.82. The number of aromatic nitrogens is 3. The molecule has 1 aromatic carbocycles. The van der Waals surface area contributed by atoms with E-state index in [0.29, 0.717) is 23.2 Å². The molecule has 27 heavy (non-hydrogen) atoms. The topological polar surface area (TPSA) is 66.2 Å². The summed E-state index contributed by atoms with van der Waals surface area (Å²) in [5.41, 5.74) is 2.80. The van der Waals surface area contributed by atoms with Crippen molar-refractivity contribution in [1.82, 2.24) is 14.8 Å². The van der Waals surface area contributed by atoms with Crippen LogP contribution in [0, 0.1) is 0 Å². The van der Waals surface area contributed by atoms with Gasteiger partial charge in [-0.1, -0.05) is 30.3 Å². The van der Waals surface area contributed by atoms with Gasteiger partial charge in [0.2, 0.25) is 0 Å². The highest BCUT2D eigenvalue weighted by molar-refractivity contribution is 6.03. The Bertz CT molecular complexity index is 917. The Kier molecular flexibility index (Phi) is 5.86. The van der Waals surface area contributed by atoms with E-state index in [1.165, 1.54) is 0 Å². The maximum atomic E-state index is 12.7. The molecule has 2 aromatic heterocycles. The molecule has 6 heteroatoms. The number of pyridine rings is 1. The molecular weight excluding hydrogens is 342 g/mol. The van der Waals surface area contributed by atoms with E-state index in [1.807, 2.05) is 62.7 Å². The van der Waals surface area contributed by atoms with E-state index in [-0.39, 0.29) is 18.8 Å². The van der Waals surface area contributed by atoms with Gasteiger partial charge in [-0.05, 0) is 33.8 Å². The Morgan fingerprint density at radius 2 is 1.85 bits per heavy atom. The average molecular weight is 367 g/mol. The number of benzene rings is 1. The van der Waals surface area contributed by atoms with E-state index >= 15 is 0 Å². The SMILES string of the molecule is CC(C)OCCOC(=O)c1cc(-c2ccccc2)nc2c1cnn2C(C)C. The Morgan fingerprint density at radius 3 is 2.52 bits per heavy atom. The third kappa shape index (κ3) is 4.34. The third-order valence-electron chi connectivity index (χ3n) is 4.11. The lowest BCUT2D eigenvalue weighted by Gasteiger charge is -2.11. The third-order valence-corrected chi connectivity index (χ3v) is 4.11. The molecule has 0 aliphatic heterocycles. The normalized spacial score (nSPS) is 11.5. The molecule has 0 amide bonds. The molecule has 0 aliphatic rings. The molecule has 0 saturated carbocycles. The van der Waals surface area contributed by atoms with Gasteiger partial charge in [0.05, 0.1) is 35.6 Å². The lowest BCUT2D eigenvalue weighted by atomic mass is 10.1. The Hall–Kier alpha value is -2.73. The number of nitrogens with zero attached hydrogens (tertiary/aromatic N) is 3. The summed E-state index contributed by atoms with van der Waals surface area (Å²) in [5.74, 6) is -0.393. The first-order valence-corrected chi connectivity index (χ1v) is 9.19. The smallest absolute Gasteiger partial charge is 0.339 e. The predicted octanol–water partition coefficient (Wildman–Crippen LogP) is 4.26. The Labute approximate surface area is 159 Å². The molecule has 0 atom stereocenters. The summed E-state index contributed by atoms with van der Waals surface area (Å²) in [6.07, 6.45) is 1.78. The summed E-state index contributed by atoms with van der Waals surface area (Å²) in [4.78, 5) is 17.5. The van der Waals surface area contributed by atoms with E-state index in [1.54, 1.807) is 12.3 Å². The summed E-state index contributed by atoms with van der Waals surface area (Å²) in [6, 6.07) is 11.7. The largest absolute Gasteiger partial charge is 0.460 e. The number of fused-ring (bicyclic) bond motifs is 1. The van der Waals surface area contributed by atoms with Crippen LogP contribution in [0.4, 0.5) is 0 Å². The van der Waals surface area contributed by atoms with Gasteiger partial charge in [0, 0.05) is 11.6 Å². The predicted molar refractivity (Wildman–Crippen MR) is 105 cm³/mol. The molecule has 0 radical (unpaired) electrons. The van der Waals surface area contributed by atoms with Crippen molar-refractivity contribution in [3.05, 3.63) is 48.2 Å². The average Bonchev–Trinajstić information content (AvgIpc) is 3.09.